The lowest BCUT2D eigenvalue weighted by atomic mass is 10.3. The summed E-state index contributed by atoms with van der Waals surface area (Å²) in [6, 6.07) is 0. The van der Waals surface area contributed by atoms with E-state index in [4.69, 9.17) is 4.74 Å². The topological polar surface area (TPSA) is 64.3 Å². The van der Waals surface area contributed by atoms with E-state index >= 15 is 0 Å². The molecule has 0 atom stereocenters. The van der Waals surface area contributed by atoms with Gasteiger partial charge in [0.2, 0.25) is 11.8 Å². The molecule has 1 aromatic rings. The van der Waals surface area contributed by atoms with Gasteiger partial charge < -0.3 is 9.84 Å². The molecule has 0 saturated heterocycles. The van der Waals surface area contributed by atoms with Crippen molar-refractivity contribution in [1.29, 1.82) is 0 Å². The fourth-order valence-electron chi connectivity index (χ4n) is 0.936. The Morgan fingerprint density at radius 1 is 1.77 bits per heavy atom. The lowest BCUT2D eigenvalue weighted by Crippen LogP contribution is -1.94. The molecule has 5 nitrogen and oxygen atoms in total. The van der Waals surface area contributed by atoms with Crippen LogP contribution in [0.1, 0.15) is 12.5 Å². The van der Waals surface area contributed by atoms with Crippen LogP contribution in [0.4, 0.5) is 0 Å². The minimum atomic E-state index is -0.105. The van der Waals surface area contributed by atoms with Gasteiger partial charge in [-0.15, -0.1) is 5.10 Å². The second-order valence-corrected chi connectivity index (χ2v) is 2.36. The SMILES string of the molecule is CCOc1nn(C)c(O)c1C=C=O. The molecule has 1 aromatic heterocycles. The van der Waals surface area contributed by atoms with Crippen LogP contribution in [-0.2, 0) is 11.8 Å². The van der Waals surface area contributed by atoms with Crippen molar-refractivity contribution in [3.05, 3.63) is 5.56 Å². The Kier molecular flexibility index (Phi) is 2.72. The smallest absolute Gasteiger partial charge is 0.244 e. The highest BCUT2D eigenvalue weighted by molar-refractivity contribution is 5.78. The number of aryl methyl sites for hydroxylation is 1. The Morgan fingerprint density at radius 3 is 3.00 bits per heavy atom. The van der Waals surface area contributed by atoms with Gasteiger partial charge in [0.1, 0.15) is 11.5 Å². The Labute approximate surface area is 75.2 Å². The molecular weight excluding hydrogens is 172 g/mol. The van der Waals surface area contributed by atoms with Crippen LogP contribution in [0.3, 0.4) is 0 Å². The molecule has 13 heavy (non-hydrogen) atoms. The first-order valence-electron chi connectivity index (χ1n) is 3.80. The van der Waals surface area contributed by atoms with Gasteiger partial charge in [-0.25, -0.2) is 9.48 Å². The zero-order valence-electron chi connectivity index (χ0n) is 7.44. The molecule has 0 amide bonds. The highest BCUT2D eigenvalue weighted by Gasteiger charge is 2.13. The van der Waals surface area contributed by atoms with Crippen molar-refractivity contribution in [2.75, 3.05) is 6.61 Å². The summed E-state index contributed by atoms with van der Waals surface area (Å²) < 4.78 is 6.32. The molecule has 1 N–H and O–H groups in total. The minimum absolute atomic E-state index is 0.105. The summed E-state index contributed by atoms with van der Waals surface area (Å²) in [6.45, 7) is 2.22. The van der Waals surface area contributed by atoms with Crippen LogP contribution >= 0.6 is 0 Å². The number of nitrogens with zero attached hydrogens (tertiary/aromatic N) is 2. The lowest BCUT2D eigenvalue weighted by Gasteiger charge is -1.96. The number of aromatic hydroxyl groups is 1. The van der Waals surface area contributed by atoms with Gasteiger partial charge in [-0.05, 0) is 6.92 Å². The second-order valence-electron chi connectivity index (χ2n) is 2.36. The first kappa shape index (κ1) is 9.35. The number of rotatable bonds is 3. The van der Waals surface area contributed by atoms with Gasteiger partial charge >= 0.3 is 0 Å². The highest BCUT2D eigenvalue weighted by Crippen LogP contribution is 2.26. The molecule has 5 heteroatoms. The minimum Gasteiger partial charge on any atom is -0.493 e. The summed E-state index contributed by atoms with van der Waals surface area (Å²) in [7, 11) is 1.56. The van der Waals surface area contributed by atoms with Crippen molar-refractivity contribution in [3.8, 4) is 11.8 Å². The third-order valence-corrected chi connectivity index (χ3v) is 1.50. The van der Waals surface area contributed by atoms with E-state index in [0.29, 0.717) is 6.61 Å². The zero-order chi connectivity index (χ0) is 9.84. The van der Waals surface area contributed by atoms with Crippen molar-refractivity contribution in [2.24, 2.45) is 7.05 Å². The zero-order valence-corrected chi connectivity index (χ0v) is 7.44. The highest BCUT2D eigenvalue weighted by atomic mass is 16.5. The van der Waals surface area contributed by atoms with Gasteiger partial charge in [0.05, 0.1) is 6.61 Å². The van der Waals surface area contributed by atoms with Gasteiger partial charge in [-0.3, -0.25) is 0 Å². The third-order valence-electron chi connectivity index (χ3n) is 1.50. The van der Waals surface area contributed by atoms with E-state index in [0.717, 1.165) is 6.08 Å². The summed E-state index contributed by atoms with van der Waals surface area (Å²) in [4.78, 5) is 10.1. The molecule has 0 bridgehead atoms. The average molecular weight is 182 g/mol. The number of hydrogen-bond acceptors (Lipinski definition) is 4. The van der Waals surface area contributed by atoms with Crippen LogP contribution in [0.15, 0.2) is 0 Å². The van der Waals surface area contributed by atoms with Crippen molar-refractivity contribution >= 4 is 12.0 Å². The van der Waals surface area contributed by atoms with E-state index in [1.807, 2.05) is 0 Å². The lowest BCUT2D eigenvalue weighted by molar-refractivity contribution is 0.322. The van der Waals surface area contributed by atoms with Gasteiger partial charge in [0, 0.05) is 13.1 Å². The van der Waals surface area contributed by atoms with Gasteiger partial charge in [-0.1, -0.05) is 0 Å². The van der Waals surface area contributed by atoms with E-state index < -0.39 is 0 Å². The molecule has 1 rings (SSSR count). The predicted octanol–water partition coefficient (Wildman–Crippen LogP) is 0.369. The molecule has 0 saturated carbocycles. The Balaban J connectivity index is 3.17. The Hall–Kier alpha value is -1.74. The summed E-state index contributed by atoms with van der Waals surface area (Å²) >= 11 is 0. The van der Waals surface area contributed by atoms with Crippen LogP contribution in [0.5, 0.6) is 11.8 Å². The van der Waals surface area contributed by atoms with Crippen LogP contribution in [0.2, 0.25) is 0 Å². The van der Waals surface area contributed by atoms with E-state index in [9.17, 15) is 9.90 Å². The van der Waals surface area contributed by atoms with Gasteiger partial charge in [0.15, 0.2) is 0 Å². The molecular formula is C8H10N2O3. The van der Waals surface area contributed by atoms with Crippen LogP contribution < -0.4 is 4.74 Å². The van der Waals surface area contributed by atoms with Crippen LogP contribution in [0.25, 0.3) is 6.08 Å². The molecule has 70 valence electrons. The summed E-state index contributed by atoms with van der Waals surface area (Å²) in [5.74, 6) is 1.71. The normalized spacial score (nSPS) is 9.38. The second kappa shape index (κ2) is 3.78. The van der Waals surface area contributed by atoms with Crippen molar-refractivity contribution in [2.45, 2.75) is 6.92 Å². The van der Waals surface area contributed by atoms with Gasteiger partial charge in [0.25, 0.3) is 0 Å². The largest absolute Gasteiger partial charge is 0.493 e. The summed E-state index contributed by atoms with van der Waals surface area (Å²) in [5, 5.41) is 13.2. The average Bonchev–Trinajstić information content (AvgIpc) is 2.34. The molecule has 0 aliphatic heterocycles. The maximum absolute atomic E-state index is 10.1. The molecule has 0 fully saturated rings. The fraction of sp³-hybridized carbons (Fsp3) is 0.375. The van der Waals surface area contributed by atoms with E-state index in [1.54, 1.807) is 19.9 Å². The molecule has 0 spiro atoms. The number of carbonyl (C=O) groups excluding carboxylic acids is 1. The number of hydrogen-bond donors (Lipinski definition) is 1. The standard InChI is InChI=1S/C8H10N2O3/c1-3-13-7-6(4-5-11)8(12)10(2)9-7/h4,12H,3H2,1-2H3. The van der Waals surface area contributed by atoms with Gasteiger partial charge in [-0.2, -0.15) is 0 Å². The van der Waals surface area contributed by atoms with Crippen LogP contribution in [0, 0.1) is 0 Å². The fourth-order valence-corrected chi connectivity index (χ4v) is 0.936. The maximum Gasteiger partial charge on any atom is 0.244 e. The first-order chi connectivity index (χ1) is 6.20. The van der Waals surface area contributed by atoms with Crippen LogP contribution in [-0.4, -0.2) is 27.4 Å². The first-order valence-corrected chi connectivity index (χ1v) is 3.80. The molecule has 0 radical (unpaired) electrons. The predicted molar refractivity (Wildman–Crippen MR) is 46.2 cm³/mol. The maximum atomic E-state index is 10.1. The number of ether oxygens (including phenoxy) is 1. The van der Waals surface area contributed by atoms with Crippen molar-refractivity contribution in [1.82, 2.24) is 9.78 Å². The van der Waals surface area contributed by atoms with E-state index in [1.165, 1.54) is 4.68 Å². The number of aromatic nitrogens is 2. The molecule has 1 heterocycles. The Bertz CT molecular complexity index is 351. The monoisotopic (exact) mass is 182 g/mol. The summed E-state index contributed by atoms with van der Waals surface area (Å²) in [6.07, 6.45) is 1.09. The van der Waals surface area contributed by atoms with E-state index in [2.05, 4.69) is 5.10 Å². The Morgan fingerprint density at radius 2 is 2.46 bits per heavy atom. The van der Waals surface area contributed by atoms with Crippen molar-refractivity contribution < 1.29 is 14.6 Å². The molecule has 0 aliphatic carbocycles. The molecule has 0 aliphatic rings. The third kappa shape index (κ3) is 1.71. The molecule has 0 unspecified atom stereocenters. The molecule has 0 aromatic carbocycles. The van der Waals surface area contributed by atoms with E-state index in [-0.39, 0.29) is 17.3 Å². The quantitative estimate of drug-likeness (QED) is 0.686. The van der Waals surface area contributed by atoms with Crippen molar-refractivity contribution in [3.63, 3.8) is 0 Å². The summed E-state index contributed by atoms with van der Waals surface area (Å²) in [5.41, 5.74) is 0.263.